The summed E-state index contributed by atoms with van der Waals surface area (Å²) < 4.78 is 12.6. The van der Waals surface area contributed by atoms with Gasteiger partial charge in [-0.25, -0.2) is 4.39 Å². The normalized spacial score (nSPS) is 12.1. The SMILES string of the molecule is C=C/C(=C(/O)CC)c1ccc(F)cc1. The highest BCUT2D eigenvalue weighted by Crippen LogP contribution is 2.20. The van der Waals surface area contributed by atoms with Crippen LogP contribution in [-0.4, -0.2) is 5.11 Å². The third kappa shape index (κ3) is 2.22. The Morgan fingerprint density at radius 1 is 1.43 bits per heavy atom. The van der Waals surface area contributed by atoms with Crippen LogP contribution in [0.3, 0.4) is 0 Å². The quantitative estimate of drug-likeness (QED) is 0.572. The zero-order valence-electron chi connectivity index (χ0n) is 8.13. The van der Waals surface area contributed by atoms with Gasteiger partial charge < -0.3 is 5.11 Å². The molecule has 1 N–H and O–H groups in total. The molecular weight excluding hydrogens is 179 g/mol. The molecule has 0 unspecified atom stereocenters. The van der Waals surface area contributed by atoms with E-state index in [9.17, 15) is 9.50 Å². The molecule has 0 aromatic heterocycles. The van der Waals surface area contributed by atoms with Crippen molar-refractivity contribution in [3.63, 3.8) is 0 Å². The van der Waals surface area contributed by atoms with Gasteiger partial charge in [0.2, 0.25) is 0 Å². The van der Waals surface area contributed by atoms with Gasteiger partial charge in [-0.15, -0.1) is 0 Å². The van der Waals surface area contributed by atoms with Crippen LogP contribution in [0.4, 0.5) is 4.39 Å². The molecule has 74 valence electrons. The molecule has 0 aliphatic rings. The van der Waals surface area contributed by atoms with Crippen molar-refractivity contribution in [2.75, 3.05) is 0 Å². The second-order valence-electron chi connectivity index (χ2n) is 2.92. The number of hydrogen-bond acceptors (Lipinski definition) is 1. The Morgan fingerprint density at radius 2 is 2.00 bits per heavy atom. The molecule has 0 bridgehead atoms. The second kappa shape index (κ2) is 4.61. The zero-order chi connectivity index (χ0) is 10.6. The van der Waals surface area contributed by atoms with Crippen LogP contribution in [0.1, 0.15) is 18.9 Å². The standard InChI is InChI=1S/C12H13FO/c1-3-11(12(14)4-2)9-5-7-10(13)8-6-9/h3,5-8,14H,1,4H2,2H3/b12-11-. The number of hydrogen-bond donors (Lipinski definition) is 1. The van der Waals surface area contributed by atoms with Gasteiger partial charge in [-0.1, -0.05) is 31.7 Å². The lowest BCUT2D eigenvalue weighted by atomic mass is 10.0. The van der Waals surface area contributed by atoms with E-state index in [1.807, 2.05) is 6.92 Å². The Morgan fingerprint density at radius 3 is 2.43 bits per heavy atom. The van der Waals surface area contributed by atoms with Crippen LogP contribution < -0.4 is 0 Å². The van der Waals surface area contributed by atoms with Crippen molar-refractivity contribution in [1.82, 2.24) is 0 Å². The fourth-order valence-electron chi connectivity index (χ4n) is 1.22. The largest absolute Gasteiger partial charge is 0.512 e. The van der Waals surface area contributed by atoms with Gasteiger partial charge in [0, 0.05) is 12.0 Å². The highest BCUT2D eigenvalue weighted by Gasteiger charge is 2.03. The van der Waals surface area contributed by atoms with E-state index in [-0.39, 0.29) is 11.6 Å². The molecule has 1 aromatic rings. The van der Waals surface area contributed by atoms with Crippen LogP contribution in [0.25, 0.3) is 5.57 Å². The van der Waals surface area contributed by atoms with E-state index < -0.39 is 0 Å². The molecule has 14 heavy (non-hydrogen) atoms. The van der Waals surface area contributed by atoms with Crippen molar-refractivity contribution in [1.29, 1.82) is 0 Å². The molecule has 0 spiro atoms. The van der Waals surface area contributed by atoms with E-state index in [2.05, 4.69) is 6.58 Å². The first-order valence-electron chi connectivity index (χ1n) is 4.49. The number of halogens is 1. The summed E-state index contributed by atoms with van der Waals surface area (Å²) >= 11 is 0. The maximum atomic E-state index is 12.6. The van der Waals surface area contributed by atoms with E-state index in [0.29, 0.717) is 12.0 Å². The Labute approximate surface area is 83.2 Å². The Hall–Kier alpha value is -1.57. The monoisotopic (exact) mass is 192 g/mol. The minimum absolute atomic E-state index is 0.270. The maximum absolute atomic E-state index is 12.6. The predicted octanol–water partition coefficient (Wildman–Crippen LogP) is 3.69. The van der Waals surface area contributed by atoms with Crippen LogP contribution in [0.2, 0.25) is 0 Å². The molecule has 1 nitrogen and oxygen atoms in total. The van der Waals surface area contributed by atoms with E-state index >= 15 is 0 Å². The molecule has 0 amide bonds. The van der Waals surface area contributed by atoms with Gasteiger partial charge in [0.15, 0.2) is 0 Å². The summed E-state index contributed by atoms with van der Waals surface area (Å²) in [6, 6.07) is 5.97. The lowest BCUT2D eigenvalue weighted by molar-refractivity contribution is 0.398. The Kier molecular flexibility index (Phi) is 3.46. The Bertz CT molecular complexity index is 349. The molecule has 1 aromatic carbocycles. The smallest absolute Gasteiger partial charge is 0.123 e. The third-order valence-corrected chi connectivity index (χ3v) is 2.01. The fraction of sp³-hybridized carbons (Fsp3) is 0.167. The van der Waals surface area contributed by atoms with Crippen molar-refractivity contribution >= 4 is 5.57 Å². The number of benzene rings is 1. The molecule has 0 atom stereocenters. The van der Waals surface area contributed by atoms with Gasteiger partial charge in [-0.2, -0.15) is 0 Å². The molecule has 0 heterocycles. The third-order valence-electron chi connectivity index (χ3n) is 2.01. The first kappa shape index (κ1) is 10.5. The predicted molar refractivity (Wildman–Crippen MR) is 56.4 cm³/mol. The average molecular weight is 192 g/mol. The van der Waals surface area contributed by atoms with Crippen LogP contribution in [0, 0.1) is 5.82 Å². The van der Waals surface area contributed by atoms with Gasteiger partial charge in [-0.3, -0.25) is 0 Å². The molecule has 0 aliphatic carbocycles. The molecule has 0 radical (unpaired) electrons. The van der Waals surface area contributed by atoms with E-state index in [4.69, 9.17) is 0 Å². The van der Waals surface area contributed by atoms with Crippen molar-refractivity contribution in [2.24, 2.45) is 0 Å². The Balaban J connectivity index is 3.14. The molecule has 0 fully saturated rings. The summed E-state index contributed by atoms with van der Waals surface area (Å²) in [5, 5.41) is 9.56. The highest BCUT2D eigenvalue weighted by atomic mass is 19.1. The summed E-state index contributed by atoms with van der Waals surface area (Å²) in [4.78, 5) is 0. The highest BCUT2D eigenvalue weighted by molar-refractivity contribution is 5.74. The van der Waals surface area contributed by atoms with Crippen molar-refractivity contribution in [3.8, 4) is 0 Å². The zero-order valence-corrected chi connectivity index (χ0v) is 8.13. The second-order valence-corrected chi connectivity index (χ2v) is 2.92. The van der Waals surface area contributed by atoms with Gasteiger partial charge >= 0.3 is 0 Å². The van der Waals surface area contributed by atoms with Gasteiger partial charge in [0.05, 0.1) is 5.76 Å². The van der Waals surface area contributed by atoms with E-state index in [1.54, 1.807) is 18.2 Å². The summed E-state index contributed by atoms with van der Waals surface area (Å²) in [5.74, 6) is -0.0141. The van der Waals surface area contributed by atoms with Gasteiger partial charge in [0.1, 0.15) is 5.82 Å². The van der Waals surface area contributed by atoms with E-state index in [0.717, 1.165) is 5.56 Å². The van der Waals surface area contributed by atoms with Gasteiger partial charge in [0.25, 0.3) is 0 Å². The lowest BCUT2D eigenvalue weighted by Crippen LogP contribution is -1.88. The minimum atomic E-state index is -0.284. The molecule has 0 saturated carbocycles. The van der Waals surface area contributed by atoms with Crippen LogP contribution in [-0.2, 0) is 0 Å². The first-order chi connectivity index (χ1) is 6.69. The molecular formula is C12H13FO. The average Bonchev–Trinajstić information content (AvgIpc) is 2.21. The van der Waals surface area contributed by atoms with Crippen molar-refractivity contribution < 1.29 is 9.50 Å². The van der Waals surface area contributed by atoms with Crippen molar-refractivity contribution in [3.05, 3.63) is 54.1 Å². The van der Waals surface area contributed by atoms with Crippen LogP contribution in [0.15, 0.2) is 42.7 Å². The lowest BCUT2D eigenvalue weighted by Gasteiger charge is -2.05. The topological polar surface area (TPSA) is 20.2 Å². The van der Waals surface area contributed by atoms with Gasteiger partial charge in [-0.05, 0) is 17.7 Å². The van der Waals surface area contributed by atoms with Crippen LogP contribution >= 0.6 is 0 Å². The molecule has 0 saturated heterocycles. The number of rotatable bonds is 3. The number of allylic oxidation sites excluding steroid dienone is 3. The molecule has 1 rings (SSSR count). The maximum Gasteiger partial charge on any atom is 0.123 e. The van der Waals surface area contributed by atoms with Crippen LogP contribution in [0.5, 0.6) is 0 Å². The minimum Gasteiger partial charge on any atom is -0.512 e. The number of aliphatic hydroxyl groups excluding tert-OH is 1. The fourth-order valence-corrected chi connectivity index (χ4v) is 1.22. The first-order valence-corrected chi connectivity index (χ1v) is 4.49. The van der Waals surface area contributed by atoms with E-state index in [1.165, 1.54) is 12.1 Å². The summed E-state index contributed by atoms with van der Waals surface area (Å²) in [6.07, 6.45) is 2.12. The van der Waals surface area contributed by atoms with Crippen molar-refractivity contribution in [2.45, 2.75) is 13.3 Å². The summed E-state index contributed by atoms with van der Waals surface area (Å²) in [7, 11) is 0. The summed E-state index contributed by atoms with van der Waals surface area (Å²) in [5.41, 5.74) is 1.44. The number of aliphatic hydroxyl groups is 1. The molecule has 0 aliphatic heterocycles. The molecule has 2 heteroatoms. The summed E-state index contributed by atoms with van der Waals surface area (Å²) in [6.45, 7) is 5.47.